The van der Waals surface area contributed by atoms with Crippen LogP contribution >= 0.6 is 0 Å². The molecular weight excluding hydrogens is 811 g/mol. The van der Waals surface area contributed by atoms with Crippen molar-refractivity contribution in [1.29, 1.82) is 0 Å². The van der Waals surface area contributed by atoms with Crippen molar-refractivity contribution in [2.75, 3.05) is 9.80 Å². The average molecular weight is 864 g/mol. The number of para-hydroxylation sites is 2. The van der Waals surface area contributed by atoms with Gasteiger partial charge in [-0.05, 0) is 180 Å². The predicted octanol–water partition coefficient (Wildman–Crippen LogP) is 18.3. The predicted molar refractivity (Wildman–Crippen MR) is 289 cm³/mol. The van der Waals surface area contributed by atoms with Crippen LogP contribution in [0.4, 0.5) is 34.1 Å². The molecule has 0 aliphatic carbocycles. The van der Waals surface area contributed by atoms with Crippen LogP contribution in [-0.4, -0.2) is 4.40 Å². The Balaban J connectivity index is 1.11. The van der Waals surface area contributed by atoms with Gasteiger partial charge in [-0.1, -0.05) is 129 Å². The number of fused-ring (bicyclic) bond motifs is 8. The summed E-state index contributed by atoms with van der Waals surface area (Å²) in [6.07, 6.45) is 0. The van der Waals surface area contributed by atoms with Gasteiger partial charge in [0.05, 0.1) is 16.6 Å². The molecule has 0 N–H and O–H groups in total. The lowest BCUT2D eigenvalue weighted by molar-refractivity contribution is 0.590. The molecule has 12 aromatic rings. The number of hydrogen-bond acceptors (Lipinski definition) is 2. The van der Waals surface area contributed by atoms with Gasteiger partial charge in [0.25, 0.3) is 0 Å². The van der Waals surface area contributed by atoms with Crippen LogP contribution in [0.5, 0.6) is 0 Å². The molecule has 0 saturated carbocycles. The standard InChI is InChI=1S/C64H53N3/c1-40-18-28-59(42(3)30-40)65(51-14-10-8-11-15-51)53-26-22-45-34-55-57-36-49(44-20-24-50(25-21-44)64(5,6)7)37-58-56-35-46-23-27-54(33-48(46)39-62(56)67(63(57)58)61(55)38-47(45)32-53)66(52-16-12-9-13-17-52)60-29-19-41(2)31-43(60)4/h8-39H,1-7H3. The smallest absolute Gasteiger partial charge is 0.0620 e. The molecule has 12 rings (SSSR count). The largest absolute Gasteiger partial charge is 0.310 e. The molecule has 0 spiro atoms. The first-order chi connectivity index (χ1) is 32.5. The first-order valence-electron chi connectivity index (χ1n) is 23.6. The maximum atomic E-state index is 2.55. The Labute approximate surface area is 393 Å². The summed E-state index contributed by atoms with van der Waals surface area (Å²) in [5.74, 6) is 0. The van der Waals surface area contributed by atoms with Crippen LogP contribution in [0, 0.1) is 27.7 Å². The fourth-order valence-corrected chi connectivity index (χ4v) is 10.7. The van der Waals surface area contributed by atoms with Crippen molar-refractivity contribution in [3.63, 3.8) is 0 Å². The first-order valence-corrected chi connectivity index (χ1v) is 23.6. The molecule has 0 unspecified atom stereocenters. The van der Waals surface area contributed by atoms with Crippen LogP contribution in [0.1, 0.15) is 48.6 Å². The van der Waals surface area contributed by atoms with Gasteiger partial charge in [-0.3, -0.25) is 0 Å². The van der Waals surface area contributed by atoms with E-state index >= 15 is 0 Å². The van der Waals surface area contributed by atoms with Gasteiger partial charge in [-0.15, -0.1) is 0 Å². The molecular formula is C64H53N3. The Morgan fingerprint density at radius 2 is 0.821 bits per heavy atom. The highest BCUT2D eigenvalue weighted by molar-refractivity contribution is 6.27. The molecule has 3 nitrogen and oxygen atoms in total. The Kier molecular flexibility index (Phi) is 9.31. The van der Waals surface area contributed by atoms with Crippen LogP contribution < -0.4 is 9.80 Å². The second-order valence-electron chi connectivity index (χ2n) is 19.8. The van der Waals surface area contributed by atoms with Gasteiger partial charge in [0, 0.05) is 55.7 Å². The topological polar surface area (TPSA) is 10.9 Å². The summed E-state index contributed by atoms with van der Waals surface area (Å²) in [5.41, 5.74) is 19.5. The van der Waals surface area contributed by atoms with Crippen LogP contribution in [-0.2, 0) is 5.41 Å². The van der Waals surface area contributed by atoms with E-state index in [9.17, 15) is 0 Å². The average Bonchev–Trinajstić information content (AvgIpc) is 3.82. The van der Waals surface area contributed by atoms with Gasteiger partial charge in [0.1, 0.15) is 0 Å². The Morgan fingerprint density at radius 1 is 0.358 bits per heavy atom. The molecule has 324 valence electrons. The van der Waals surface area contributed by atoms with Gasteiger partial charge >= 0.3 is 0 Å². The molecule has 67 heavy (non-hydrogen) atoms. The maximum Gasteiger partial charge on any atom is 0.0620 e. The molecule has 0 aliphatic rings. The van der Waals surface area contributed by atoms with Crippen LogP contribution in [0.3, 0.4) is 0 Å². The third-order valence-electron chi connectivity index (χ3n) is 14.1. The highest BCUT2D eigenvalue weighted by Crippen LogP contribution is 2.46. The summed E-state index contributed by atoms with van der Waals surface area (Å²) in [6, 6.07) is 72.8. The van der Waals surface area contributed by atoms with Gasteiger partial charge < -0.3 is 14.2 Å². The fraction of sp³-hybridized carbons (Fsp3) is 0.125. The summed E-state index contributed by atoms with van der Waals surface area (Å²) in [4.78, 5) is 4.80. The van der Waals surface area contributed by atoms with Crippen LogP contribution in [0.15, 0.2) is 194 Å². The lowest BCUT2D eigenvalue weighted by atomic mass is 9.86. The van der Waals surface area contributed by atoms with E-state index in [4.69, 9.17) is 0 Å². The van der Waals surface area contributed by atoms with Crippen molar-refractivity contribution in [2.45, 2.75) is 53.9 Å². The molecule has 0 fully saturated rings. The molecule has 3 heteroatoms. The number of nitrogens with zero attached hydrogens (tertiary/aromatic N) is 3. The van der Waals surface area contributed by atoms with Crippen molar-refractivity contribution in [3.05, 3.63) is 222 Å². The number of aryl methyl sites for hydroxylation is 4. The van der Waals surface area contributed by atoms with Crippen molar-refractivity contribution in [1.82, 2.24) is 4.40 Å². The number of rotatable bonds is 7. The summed E-state index contributed by atoms with van der Waals surface area (Å²) < 4.78 is 2.55. The van der Waals surface area contributed by atoms with E-state index < -0.39 is 0 Å². The quantitative estimate of drug-likeness (QED) is 0.158. The summed E-state index contributed by atoms with van der Waals surface area (Å²) in [6.45, 7) is 15.6. The van der Waals surface area contributed by atoms with E-state index in [0.29, 0.717) is 0 Å². The van der Waals surface area contributed by atoms with Gasteiger partial charge in [0.15, 0.2) is 0 Å². The minimum Gasteiger partial charge on any atom is -0.310 e. The lowest BCUT2D eigenvalue weighted by Crippen LogP contribution is -2.11. The van der Waals surface area contributed by atoms with E-state index in [1.54, 1.807) is 0 Å². The van der Waals surface area contributed by atoms with Crippen molar-refractivity contribution in [2.24, 2.45) is 0 Å². The monoisotopic (exact) mass is 863 g/mol. The highest BCUT2D eigenvalue weighted by atomic mass is 15.1. The Hall–Kier alpha value is -7.88. The zero-order valence-electron chi connectivity index (χ0n) is 39.3. The molecule has 2 heterocycles. The highest BCUT2D eigenvalue weighted by Gasteiger charge is 2.23. The Morgan fingerprint density at radius 3 is 1.25 bits per heavy atom. The maximum absolute atomic E-state index is 2.55. The normalized spacial score (nSPS) is 12.1. The molecule has 0 aliphatic heterocycles. The van der Waals surface area contributed by atoms with E-state index in [1.807, 2.05) is 0 Å². The molecule has 0 saturated heterocycles. The van der Waals surface area contributed by atoms with Crippen molar-refractivity contribution in [3.8, 4) is 11.1 Å². The molecule has 2 aromatic heterocycles. The summed E-state index contributed by atoms with van der Waals surface area (Å²) >= 11 is 0. The number of aromatic nitrogens is 1. The number of benzene rings is 10. The number of anilines is 6. The van der Waals surface area contributed by atoms with Crippen LogP contribution in [0.2, 0.25) is 0 Å². The van der Waals surface area contributed by atoms with Crippen LogP contribution in [0.25, 0.3) is 70.8 Å². The van der Waals surface area contributed by atoms with E-state index in [2.05, 4.69) is 257 Å². The van der Waals surface area contributed by atoms with Crippen molar-refractivity contribution < 1.29 is 0 Å². The molecule has 0 bridgehead atoms. The summed E-state index contributed by atoms with van der Waals surface area (Å²) in [5, 5.41) is 9.95. The lowest BCUT2D eigenvalue weighted by Gasteiger charge is -2.27. The molecule has 10 aromatic carbocycles. The minimum absolute atomic E-state index is 0.0823. The molecule has 0 atom stereocenters. The SMILES string of the molecule is Cc1ccc(N(c2ccccc2)c2ccc3cc4c5cc(-c6ccc(C(C)(C)C)cc6)cc6c7cc8ccc(N(c9ccccc9)c9ccc(C)cc9C)cc8cc7n(c4cc3c2)c56)c(C)c1. The van der Waals surface area contributed by atoms with E-state index in [-0.39, 0.29) is 5.41 Å². The third kappa shape index (κ3) is 6.80. The second kappa shape index (κ2) is 15.4. The van der Waals surface area contributed by atoms with Gasteiger partial charge in [-0.25, -0.2) is 0 Å². The summed E-state index contributed by atoms with van der Waals surface area (Å²) in [7, 11) is 0. The zero-order chi connectivity index (χ0) is 45.7. The molecule has 0 amide bonds. The van der Waals surface area contributed by atoms with Crippen molar-refractivity contribution >= 4 is 93.8 Å². The first kappa shape index (κ1) is 40.6. The Bertz CT molecular complexity index is 3650. The minimum atomic E-state index is 0.0823. The second-order valence-corrected chi connectivity index (χ2v) is 19.8. The zero-order valence-corrected chi connectivity index (χ0v) is 39.3. The fourth-order valence-electron chi connectivity index (χ4n) is 10.7. The van der Waals surface area contributed by atoms with E-state index in [0.717, 1.165) is 22.7 Å². The van der Waals surface area contributed by atoms with Gasteiger partial charge in [-0.2, -0.15) is 0 Å². The van der Waals surface area contributed by atoms with E-state index in [1.165, 1.54) is 110 Å². The molecule has 0 radical (unpaired) electrons. The van der Waals surface area contributed by atoms with Gasteiger partial charge in [0.2, 0.25) is 0 Å². The number of hydrogen-bond donors (Lipinski definition) is 0. The third-order valence-corrected chi connectivity index (χ3v) is 14.1.